The van der Waals surface area contributed by atoms with Gasteiger partial charge in [-0.2, -0.15) is 0 Å². The molecule has 2 aromatic carbocycles. The van der Waals surface area contributed by atoms with E-state index < -0.39 is 6.85 Å². The molecule has 0 N–H and O–H groups in total. The van der Waals surface area contributed by atoms with Crippen molar-refractivity contribution in [2.75, 3.05) is 0 Å². The van der Waals surface area contributed by atoms with E-state index in [1.807, 2.05) is 57.7 Å². The van der Waals surface area contributed by atoms with E-state index in [1.54, 1.807) is 12.1 Å². The molecule has 2 heteroatoms. The highest BCUT2D eigenvalue weighted by atomic mass is 15.1. The largest absolute Gasteiger partial charge is 0.288 e. The predicted molar refractivity (Wildman–Crippen MR) is 86.9 cm³/mol. The Morgan fingerprint density at radius 1 is 1.00 bits per heavy atom. The quantitative estimate of drug-likeness (QED) is 0.631. The van der Waals surface area contributed by atoms with Crippen LogP contribution in [0.2, 0.25) is 0 Å². The summed E-state index contributed by atoms with van der Waals surface area (Å²) in [7, 11) is 4.02. The summed E-state index contributed by atoms with van der Waals surface area (Å²) in [4.78, 5) is 0. The van der Waals surface area contributed by atoms with Gasteiger partial charge in [-0.05, 0) is 42.1 Å². The standard InChI is InChI=1S/C19H21N2/c1-14-8-5-6-9-16(14)17-10-7-11-18(15(17)2)19-20(3)12-13-21(19)4/h5-13H,1-4H3/q+1/i1D3. The van der Waals surface area contributed by atoms with Crippen molar-refractivity contribution < 1.29 is 8.68 Å². The summed E-state index contributed by atoms with van der Waals surface area (Å²) in [5.41, 5.74) is 4.30. The molecule has 0 fully saturated rings. The third-order valence-corrected chi connectivity index (χ3v) is 3.97. The van der Waals surface area contributed by atoms with Gasteiger partial charge in [0.25, 0.3) is 5.82 Å². The number of aromatic nitrogens is 2. The van der Waals surface area contributed by atoms with Crippen LogP contribution >= 0.6 is 0 Å². The summed E-state index contributed by atoms with van der Waals surface area (Å²) < 4.78 is 27.6. The Bertz CT molecular complexity index is 872. The lowest BCUT2D eigenvalue weighted by Gasteiger charge is -2.12. The van der Waals surface area contributed by atoms with E-state index in [4.69, 9.17) is 4.11 Å². The van der Waals surface area contributed by atoms with Crippen molar-refractivity contribution in [1.29, 1.82) is 0 Å². The van der Waals surface area contributed by atoms with Crippen molar-refractivity contribution in [1.82, 2.24) is 4.57 Å². The molecular weight excluding hydrogens is 256 g/mol. The maximum atomic E-state index is 7.82. The molecule has 0 atom stereocenters. The molecule has 3 rings (SSSR count). The molecule has 1 aromatic heterocycles. The molecule has 21 heavy (non-hydrogen) atoms. The Morgan fingerprint density at radius 3 is 2.43 bits per heavy atom. The summed E-state index contributed by atoms with van der Waals surface area (Å²) in [6.45, 7) is -0.0807. The number of nitrogens with zero attached hydrogens (tertiary/aromatic N) is 2. The van der Waals surface area contributed by atoms with E-state index in [0.29, 0.717) is 5.56 Å². The topological polar surface area (TPSA) is 8.81 Å². The lowest BCUT2D eigenvalue weighted by Crippen LogP contribution is -2.29. The zero-order valence-electron chi connectivity index (χ0n) is 15.6. The van der Waals surface area contributed by atoms with Crippen molar-refractivity contribution in [2.45, 2.75) is 13.8 Å². The van der Waals surface area contributed by atoms with Gasteiger partial charge in [0.05, 0.1) is 19.7 Å². The SMILES string of the molecule is [2H]C([2H])([2H])c1ccccc1-c1cccc(-c2n(C)cc[n+]2C)c1C. The molecule has 2 nitrogen and oxygen atoms in total. The number of benzene rings is 2. The minimum absolute atomic E-state index is 0.390. The minimum atomic E-state index is -2.13. The first-order valence-corrected chi connectivity index (χ1v) is 7.01. The molecule has 0 bridgehead atoms. The van der Waals surface area contributed by atoms with Crippen molar-refractivity contribution in [3.8, 4) is 22.5 Å². The van der Waals surface area contributed by atoms with Crippen molar-refractivity contribution in [3.05, 3.63) is 66.0 Å². The second-order valence-corrected chi connectivity index (χ2v) is 5.37. The fourth-order valence-corrected chi connectivity index (χ4v) is 2.86. The van der Waals surface area contributed by atoms with Crippen molar-refractivity contribution >= 4 is 0 Å². The van der Waals surface area contributed by atoms with Crippen LogP contribution in [0.3, 0.4) is 0 Å². The molecule has 3 aromatic rings. The first-order chi connectivity index (χ1) is 11.3. The van der Waals surface area contributed by atoms with Gasteiger partial charge in [-0.25, -0.2) is 9.13 Å². The molecule has 0 unspecified atom stereocenters. The van der Waals surface area contributed by atoms with Crippen LogP contribution in [0.15, 0.2) is 54.9 Å². The molecule has 0 saturated carbocycles. The van der Waals surface area contributed by atoms with E-state index in [-0.39, 0.29) is 0 Å². The second kappa shape index (κ2) is 5.21. The highest BCUT2D eigenvalue weighted by Crippen LogP contribution is 2.31. The average molecular weight is 280 g/mol. The number of imidazole rings is 1. The molecular formula is C19H21N2+. The van der Waals surface area contributed by atoms with Crippen molar-refractivity contribution in [2.24, 2.45) is 14.1 Å². The lowest BCUT2D eigenvalue weighted by molar-refractivity contribution is -0.659. The third kappa shape index (κ3) is 2.27. The van der Waals surface area contributed by atoms with E-state index in [9.17, 15) is 0 Å². The Morgan fingerprint density at radius 2 is 1.71 bits per heavy atom. The van der Waals surface area contributed by atoms with Gasteiger partial charge in [0.2, 0.25) is 0 Å². The summed E-state index contributed by atoms with van der Waals surface area (Å²) in [6.07, 6.45) is 4.02. The number of hydrogen-bond acceptors (Lipinski definition) is 0. The summed E-state index contributed by atoms with van der Waals surface area (Å²) in [5, 5.41) is 0. The molecule has 106 valence electrons. The fourth-order valence-electron chi connectivity index (χ4n) is 2.86. The van der Waals surface area contributed by atoms with E-state index >= 15 is 0 Å². The maximum Gasteiger partial charge on any atom is 0.288 e. The normalized spacial score (nSPS) is 13.6. The molecule has 0 aliphatic carbocycles. The van der Waals surface area contributed by atoms with Gasteiger partial charge in [0.15, 0.2) is 0 Å². The monoisotopic (exact) mass is 280 g/mol. The Labute approximate surface area is 130 Å². The molecule has 0 saturated heterocycles. The van der Waals surface area contributed by atoms with Crippen LogP contribution in [0.1, 0.15) is 15.2 Å². The maximum absolute atomic E-state index is 7.82. The Hall–Kier alpha value is -2.35. The number of rotatable bonds is 2. The molecule has 1 heterocycles. The second-order valence-electron chi connectivity index (χ2n) is 5.37. The van der Waals surface area contributed by atoms with Gasteiger partial charge in [0.1, 0.15) is 12.4 Å². The van der Waals surface area contributed by atoms with Gasteiger partial charge >= 0.3 is 0 Å². The van der Waals surface area contributed by atoms with Crippen LogP contribution < -0.4 is 4.57 Å². The summed E-state index contributed by atoms with van der Waals surface area (Å²) >= 11 is 0. The molecule has 0 radical (unpaired) electrons. The third-order valence-electron chi connectivity index (χ3n) is 3.97. The van der Waals surface area contributed by atoms with Crippen LogP contribution in [-0.2, 0) is 14.1 Å². The van der Waals surface area contributed by atoms with Crippen LogP contribution in [0.5, 0.6) is 0 Å². The summed E-state index contributed by atoms with van der Waals surface area (Å²) in [5.74, 6) is 1.08. The van der Waals surface area contributed by atoms with Crippen LogP contribution in [0.4, 0.5) is 0 Å². The van der Waals surface area contributed by atoms with Crippen LogP contribution in [0, 0.1) is 13.8 Å². The zero-order valence-corrected chi connectivity index (χ0v) is 12.6. The zero-order chi connectivity index (χ0) is 17.5. The van der Waals surface area contributed by atoms with Crippen LogP contribution in [0.25, 0.3) is 22.5 Å². The van der Waals surface area contributed by atoms with Gasteiger partial charge in [0, 0.05) is 4.11 Å². The number of aryl methyl sites for hydroxylation is 3. The predicted octanol–water partition coefficient (Wildman–Crippen LogP) is 3.80. The fraction of sp³-hybridized carbons (Fsp3) is 0.211. The highest BCUT2D eigenvalue weighted by molar-refractivity contribution is 5.76. The first-order valence-electron chi connectivity index (χ1n) is 8.51. The molecule has 0 amide bonds. The Kier molecular flexibility index (Phi) is 2.58. The van der Waals surface area contributed by atoms with Gasteiger partial charge in [-0.3, -0.25) is 0 Å². The van der Waals surface area contributed by atoms with E-state index in [1.165, 1.54) is 0 Å². The van der Waals surface area contributed by atoms with Crippen molar-refractivity contribution in [3.63, 3.8) is 0 Å². The van der Waals surface area contributed by atoms with Gasteiger partial charge < -0.3 is 0 Å². The smallest absolute Gasteiger partial charge is 0.233 e. The molecule has 0 spiro atoms. The van der Waals surface area contributed by atoms with Gasteiger partial charge in [-0.15, -0.1) is 0 Å². The molecule has 0 aliphatic rings. The van der Waals surface area contributed by atoms with E-state index in [2.05, 4.69) is 15.2 Å². The lowest BCUT2D eigenvalue weighted by atomic mass is 9.93. The first kappa shape index (κ1) is 10.4. The minimum Gasteiger partial charge on any atom is -0.233 e. The number of hydrogen-bond donors (Lipinski definition) is 0. The average Bonchev–Trinajstić information content (AvgIpc) is 2.86. The summed E-state index contributed by atoms with van der Waals surface area (Å²) in [6, 6.07) is 13.3. The highest BCUT2D eigenvalue weighted by Gasteiger charge is 2.18. The van der Waals surface area contributed by atoms with E-state index in [0.717, 1.165) is 28.1 Å². The Balaban J connectivity index is 2.25. The van der Waals surface area contributed by atoms with Gasteiger partial charge in [-0.1, -0.05) is 36.4 Å². The molecule has 0 aliphatic heterocycles. The van der Waals surface area contributed by atoms with Crippen LogP contribution in [-0.4, -0.2) is 4.57 Å².